The summed E-state index contributed by atoms with van der Waals surface area (Å²) in [7, 11) is 0. The van der Waals surface area contributed by atoms with Crippen LogP contribution in [0.3, 0.4) is 0 Å². The minimum absolute atomic E-state index is 0.0443. The van der Waals surface area contributed by atoms with Gasteiger partial charge in [-0.2, -0.15) is 13.2 Å². The van der Waals surface area contributed by atoms with Gasteiger partial charge in [0.05, 0.1) is 0 Å². The van der Waals surface area contributed by atoms with E-state index in [2.05, 4.69) is 0 Å². The number of rotatable bonds is 4. The fraction of sp³-hybridized carbons (Fsp3) is 0.500. The largest absolute Gasteiger partial charge is 0.438 e. The van der Waals surface area contributed by atoms with Crippen molar-refractivity contribution < 1.29 is 22.4 Å². The zero-order valence-corrected chi connectivity index (χ0v) is 8.33. The predicted molar refractivity (Wildman–Crippen MR) is 50.5 cm³/mol. The van der Waals surface area contributed by atoms with Crippen molar-refractivity contribution in [3.63, 3.8) is 0 Å². The molecule has 6 heteroatoms. The number of alkyl halides is 3. The van der Waals surface area contributed by atoms with Gasteiger partial charge in [0, 0.05) is 12.1 Å². The number of halogens is 3. The number of anilines is 1. The lowest BCUT2D eigenvalue weighted by Crippen LogP contribution is -2.35. The van der Waals surface area contributed by atoms with E-state index in [9.17, 15) is 18.0 Å². The number of nitrogens with zero attached hydrogens (tertiary/aromatic N) is 1. The average molecular weight is 233 g/mol. The third kappa shape index (κ3) is 2.56. The molecule has 0 radical (unpaired) electrons. The van der Waals surface area contributed by atoms with Crippen molar-refractivity contribution in [1.29, 1.82) is 0 Å². The van der Waals surface area contributed by atoms with E-state index in [1.165, 1.54) is 12.1 Å². The number of carbonyl (C=O) groups excluding carboxylic acids is 1. The van der Waals surface area contributed by atoms with Gasteiger partial charge >= 0.3 is 6.18 Å². The first-order chi connectivity index (χ1) is 7.49. The molecule has 1 saturated carbocycles. The van der Waals surface area contributed by atoms with Gasteiger partial charge in [0.2, 0.25) is 0 Å². The first-order valence-corrected chi connectivity index (χ1v) is 4.88. The highest BCUT2D eigenvalue weighted by Gasteiger charge is 2.39. The Balaban J connectivity index is 2.15. The Bertz CT molecular complexity index is 382. The molecular weight excluding hydrogens is 223 g/mol. The maximum absolute atomic E-state index is 12.3. The number of hydrogen-bond acceptors (Lipinski definition) is 3. The van der Waals surface area contributed by atoms with Crippen LogP contribution in [0.15, 0.2) is 16.5 Å². The molecule has 88 valence electrons. The van der Waals surface area contributed by atoms with Gasteiger partial charge in [-0.3, -0.25) is 4.79 Å². The Hall–Kier alpha value is -1.46. The maximum atomic E-state index is 12.3. The summed E-state index contributed by atoms with van der Waals surface area (Å²) in [5.74, 6) is 0.157. The van der Waals surface area contributed by atoms with Gasteiger partial charge in [-0.05, 0) is 18.9 Å². The molecule has 1 aliphatic carbocycles. The minimum Gasteiger partial charge on any atom is -0.438 e. The molecule has 16 heavy (non-hydrogen) atoms. The molecular formula is C10H10F3NO2. The standard InChI is InChI=1S/C10H10F3NO2/c11-10(12,13)6-14(7-1-2-7)9-4-3-8(5-15)16-9/h3-5,7H,1-2,6H2. The lowest BCUT2D eigenvalue weighted by molar-refractivity contribution is -0.120. The average Bonchev–Trinajstić information content (AvgIpc) is 2.91. The van der Waals surface area contributed by atoms with Crippen LogP contribution in [-0.4, -0.2) is 25.0 Å². The van der Waals surface area contributed by atoms with Crippen LogP contribution in [0.1, 0.15) is 23.4 Å². The number of aldehydes is 1. The summed E-state index contributed by atoms with van der Waals surface area (Å²) in [5, 5.41) is 0. The van der Waals surface area contributed by atoms with Crippen molar-refractivity contribution in [2.75, 3.05) is 11.4 Å². The molecule has 0 N–H and O–H groups in total. The van der Waals surface area contributed by atoms with Crippen LogP contribution in [0.4, 0.5) is 19.1 Å². The molecule has 1 fully saturated rings. The van der Waals surface area contributed by atoms with Crippen LogP contribution in [0, 0.1) is 0 Å². The quantitative estimate of drug-likeness (QED) is 0.749. The molecule has 0 unspecified atom stereocenters. The molecule has 0 aliphatic heterocycles. The van der Waals surface area contributed by atoms with E-state index in [4.69, 9.17) is 4.42 Å². The fourth-order valence-corrected chi connectivity index (χ4v) is 1.53. The predicted octanol–water partition coefficient (Wildman–Crippen LogP) is 2.62. The van der Waals surface area contributed by atoms with E-state index in [-0.39, 0.29) is 17.7 Å². The van der Waals surface area contributed by atoms with Gasteiger partial charge in [-0.25, -0.2) is 0 Å². The summed E-state index contributed by atoms with van der Waals surface area (Å²) in [5.41, 5.74) is 0. The lowest BCUT2D eigenvalue weighted by Gasteiger charge is -2.22. The summed E-state index contributed by atoms with van der Waals surface area (Å²) in [6.07, 6.45) is -2.33. The topological polar surface area (TPSA) is 33.5 Å². The molecule has 1 aromatic rings. The molecule has 2 rings (SSSR count). The SMILES string of the molecule is O=Cc1ccc(N(CC(F)(F)F)C2CC2)o1. The highest BCUT2D eigenvalue weighted by molar-refractivity contribution is 5.71. The second kappa shape index (κ2) is 3.84. The minimum atomic E-state index is -4.27. The van der Waals surface area contributed by atoms with Crippen LogP contribution < -0.4 is 4.90 Å². The molecule has 0 amide bonds. The highest BCUT2D eigenvalue weighted by atomic mass is 19.4. The van der Waals surface area contributed by atoms with Gasteiger partial charge in [-0.15, -0.1) is 0 Å². The number of hydrogen-bond donors (Lipinski definition) is 0. The van der Waals surface area contributed by atoms with E-state index in [1.807, 2.05) is 0 Å². The lowest BCUT2D eigenvalue weighted by atomic mass is 10.4. The van der Waals surface area contributed by atoms with Gasteiger partial charge in [0.25, 0.3) is 0 Å². The Morgan fingerprint density at radius 1 is 1.44 bits per heavy atom. The Morgan fingerprint density at radius 3 is 2.56 bits per heavy atom. The van der Waals surface area contributed by atoms with E-state index in [1.54, 1.807) is 0 Å². The molecule has 0 bridgehead atoms. The van der Waals surface area contributed by atoms with Crippen molar-refractivity contribution in [2.24, 2.45) is 0 Å². The van der Waals surface area contributed by atoms with Crippen LogP contribution in [0.25, 0.3) is 0 Å². The number of carbonyl (C=O) groups is 1. The molecule has 0 spiro atoms. The molecule has 1 aromatic heterocycles. The van der Waals surface area contributed by atoms with Crippen LogP contribution in [0.5, 0.6) is 0 Å². The molecule has 1 heterocycles. The molecule has 1 aliphatic rings. The van der Waals surface area contributed by atoms with Gasteiger partial charge < -0.3 is 9.32 Å². The zero-order chi connectivity index (χ0) is 11.8. The summed E-state index contributed by atoms with van der Waals surface area (Å²) >= 11 is 0. The van der Waals surface area contributed by atoms with Crippen molar-refractivity contribution in [3.8, 4) is 0 Å². The smallest absolute Gasteiger partial charge is 0.406 e. The molecule has 3 nitrogen and oxygen atoms in total. The van der Waals surface area contributed by atoms with Gasteiger partial charge in [-0.1, -0.05) is 0 Å². The van der Waals surface area contributed by atoms with Crippen molar-refractivity contribution in [3.05, 3.63) is 17.9 Å². The third-order valence-corrected chi connectivity index (χ3v) is 2.35. The monoisotopic (exact) mass is 233 g/mol. The Labute approximate surface area is 89.8 Å². The van der Waals surface area contributed by atoms with E-state index < -0.39 is 12.7 Å². The summed E-state index contributed by atoms with van der Waals surface area (Å²) in [6.45, 7) is -1.04. The van der Waals surface area contributed by atoms with Crippen molar-refractivity contribution >= 4 is 12.2 Å². The Kier molecular flexibility index (Phi) is 2.65. The maximum Gasteiger partial charge on any atom is 0.406 e. The van der Waals surface area contributed by atoms with E-state index in [0.717, 1.165) is 17.7 Å². The molecule has 0 saturated heterocycles. The highest BCUT2D eigenvalue weighted by Crippen LogP contribution is 2.34. The summed E-state index contributed by atoms with van der Waals surface area (Å²) in [6, 6.07) is 2.65. The van der Waals surface area contributed by atoms with E-state index in [0.29, 0.717) is 6.29 Å². The van der Waals surface area contributed by atoms with Crippen molar-refractivity contribution in [2.45, 2.75) is 25.1 Å². The van der Waals surface area contributed by atoms with Gasteiger partial charge in [0.1, 0.15) is 6.54 Å². The first-order valence-electron chi connectivity index (χ1n) is 4.88. The van der Waals surface area contributed by atoms with Crippen LogP contribution in [0.2, 0.25) is 0 Å². The van der Waals surface area contributed by atoms with E-state index >= 15 is 0 Å². The molecule has 0 atom stereocenters. The first kappa shape index (κ1) is 11.0. The zero-order valence-electron chi connectivity index (χ0n) is 8.33. The van der Waals surface area contributed by atoms with Crippen molar-refractivity contribution in [1.82, 2.24) is 0 Å². The van der Waals surface area contributed by atoms with Crippen LogP contribution >= 0.6 is 0 Å². The fourth-order valence-electron chi connectivity index (χ4n) is 1.53. The summed E-state index contributed by atoms with van der Waals surface area (Å²) in [4.78, 5) is 11.5. The van der Waals surface area contributed by atoms with Crippen LogP contribution in [-0.2, 0) is 0 Å². The third-order valence-electron chi connectivity index (χ3n) is 2.35. The normalized spacial score (nSPS) is 16.2. The van der Waals surface area contributed by atoms with Gasteiger partial charge in [0.15, 0.2) is 17.9 Å². The Morgan fingerprint density at radius 2 is 2.12 bits per heavy atom. The second-order valence-corrected chi connectivity index (χ2v) is 3.77. The second-order valence-electron chi connectivity index (χ2n) is 3.77. The molecule has 0 aromatic carbocycles. The summed E-state index contributed by atoms with van der Waals surface area (Å²) < 4.78 is 41.9. The number of furan rings is 1.